The van der Waals surface area contributed by atoms with Crippen LogP contribution in [0.4, 0.5) is 17.2 Å². The number of para-hydroxylation sites is 1. The molecule has 1 amide bonds. The van der Waals surface area contributed by atoms with Crippen LogP contribution < -0.4 is 10.6 Å². The Labute approximate surface area is 146 Å². The van der Waals surface area contributed by atoms with Crippen molar-refractivity contribution in [2.45, 2.75) is 6.42 Å². The molecule has 0 aliphatic heterocycles. The number of thiophene rings is 1. The molecule has 6 heteroatoms. The lowest BCUT2D eigenvalue weighted by molar-refractivity contribution is -0.115. The van der Waals surface area contributed by atoms with E-state index in [9.17, 15) is 4.79 Å². The number of pyridine rings is 1. The van der Waals surface area contributed by atoms with Crippen LogP contribution in [0.15, 0.2) is 64.6 Å². The molecular formula is C17H14BrN3OS. The van der Waals surface area contributed by atoms with E-state index in [0.29, 0.717) is 12.2 Å². The van der Waals surface area contributed by atoms with E-state index in [1.165, 1.54) is 0 Å². The fraction of sp³-hybridized carbons (Fsp3) is 0.0588. The van der Waals surface area contributed by atoms with Crippen LogP contribution >= 0.6 is 27.3 Å². The summed E-state index contributed by atoms with van der Waals surface area (Å²) in [6, 6.07) is 15.4. The van der Waals surface area contributed by atoms with Gasteiger partial charge in [-0.25, -0.2) is 4.98 Å². The lowest BCUT2D eigenvalue weighted by Gasteiger charge is -2.09. The standard InChI is InChI=1S/C17H14BrN3OS/c18-14-5-1-2-6-15(14)20-12-7-8-16(19-11-12)21-17(22)10-13-4-3-9-23-13/h1-9,11,20H,10H2,(H,19,21,22). The molecule has 0 aliphatic carbocycles. The second-order valence-corrected chi connectivity index (χ2v) is 6.73. The van der Waals surface area contributed by atoms with E-state index in [2.05, 4.69) is 31.5 Å². The summed E-state index contributed by atoms with van der Waals surface area (Å²) in [5.41, 5.74) is 1.82. The van der Waals surface area contributed by atoms with Crippen molar-refractivity contribution in [3.05, 3.63) is 69.5 Å². The number of hydrogen-bond acceptors (Lipinski definition) is 4. The highest BCUT2D eigenvalue weighted by Gasteiger charge is 2.06. The number of benzene rings is 1. The van der Waals surface area contributed by atoms with E-state index in [4.69, 9.17) is 0 Å². The monoisotopic (exact) mass is 387 g/mol. The van der Waals surface area contributed by atoms with Gasteiger partial charge in [-0.2, -0.15) is 0 Å². The number of halogens is 1. The summed E-state index contributed by atoms with van der Waals surface area (Å²) in [6.07, 6.45) is 2.07. The van der Waals surface area contributed by atoms with Crippen LogP contribution in [0.5, 0.6) is 0 Å². The highest BCUT2D eigenvalue weighted by Crippen LogP contribution is 2.25. The third-order valence-corrected chi connectivity index (χ3v) is 4.67. The molecular weight excluding hydrogens is 374 g/mol. The Balaban J connectivity index is 1.61. The highest BCUT2D eigenvalue weighted by molar-refractivity contribution is 9.10. The van der Waals surface area contributed by atoms with E-state index >= 15 is 0 Å². The van der Waals surface area contributed by atoms with Crippen molar-refractivity contribution in [3.8, 4) is 0 Å². The summed E-state index contributed by atoms with van der Waals surface area (Å²) >= 11 is 5.06. The molecule has 0 spiro atoms. The largest absolute Gasteiger partial charge is 0.353 e. The normalized spacial score (nSPS) is 10.3. The summed E-state index contributed by atoms with van der Waals surface area (Å²) in [6.45, 7) is 0. The fourth-order valence-corrected chi connectivity index (χ4v) is 3.11. The second-order valence-electron chi connectivity index (χ2n) is 4.84. The van der Waals surface area contributed by atoms with Crippen LogP contribution in [0.1, 0.15) is 4.88 Å². The molecule has 4 nitrogen and oxygen atoms in total. The first kappa shape index (κ1) is 15.7. The molecule has 2 heterocycles. The Morgan fingerprint density at radius 3 is 2.70 bits per heavy atom. The van der Waals surface area contributed by atoms with Gasteiger partial charge in [0.05, 0.1) is 24.0 Å². The molecule has 2 N–H and O–H groups in total. The second kappa shape index (κ2) is 7.39. The minimum Gasteiger partial charge on any atom is -0.353 e. The number of carbonyl (C=O) groups is 1. The van der Waals surface area contributed by atoms with Gasteiger partial charge in [0.1, 0.15) is 5.82 Å². The molecule has 23 heavy (non-hydrogen) atoms. The summed E-state index contributed by atoms with van der Waals surface area (Å²) in [4.78, 5) is 17.2. The van der Waals surface area contributed by atoms with Gasteiger partial charge in [-0.05, 0) is 51.6 Å². The first-order valence-electron chi connectivity index (χ1n) is 7.00. The molecule has 1 aromatic carbocycles. The molecule has 0 unspecified atom stereocenters. The van der Waals surface area contributed by atoms with Crippen molar-refractivity contribution in [2.24, 2.45) is 0 Å². The van der Waals surface area contributed by atoms with Crippen molar-refractivity contribution in [3.63, 3.8) is 0 Å². The van der Waals surface area contributed by atoms with Gasteiger partial charge in [-0.15, -0.1) is 11.3 Å². The lowest BCUT2D eigenvalue weighted by Crippen LogP contribution is -2.14. The first-order valence-corrected chi connectivity index (χ1v) is 8.68. The van der Waals surface area contributed by atoms with Crippen LogP contribution in [0.25, 0.3) is 0 Å². The molecule has 116 valence electrons. The number of hydrogen-bond donors (Lipinski definition) is 2. The maximum absolute atomic E-state index is 11.9. The van der Waals surface area contributed by atoms with Crippen molar-refractivity contribution in [2.75, 3.05) is 10.6 Å². The number of amides is 1. The lowest BCUT2D eigenvalue weighted by atomic mass is 10.3. The molecule has 0 radical (unpaired) electrons. The van der Waals surface area contributed by atoms with E-state index < -0.39 is 0 Å². The molecule has 3 rings (SSSR count). The number of aromatic nitrogens is 1. The Kier molecular flexibility index (Phi) is 5.05. The predicted molar refractivity (Wildman–Crippen MR) is 98.3 cm³/mol. The molecule has 0 fully saturated rings. The zero-order valence-electron chi connectivity index (χ0n) is 12.1. The Hall–Kier alpha value is -2.18. The molecule has 3 aromatic rings. The van der Waals surface area contributed by atoms with Crippen molar-refractivity contribution in [1.29, 1.82) is 0 Å². The zero-order valence-corrected chi connectivity index (χ0v) is 14.5. The van der Waals surface area contributed by atoms with E-state index in [1.54, 1.807) is 23.6 Å². The minimum atomic E-state index is -0.0635. The zero-order chi connectivity index (χ0) is 16.1. The van der Waals surface area contributed by atoms with Gasteiger partial charge < -0.3 is 10.6 Å². The average Bonchev–Trinajstić information content (AvgIpc) is 3.04. The van der Waals surface area contributed by atoms with Gasteiger partial charge >= 0.3 is 0 Å². The SMILES string of the molecule is O=C(Cc1cccs1)Nc1ccc(Nc2ccccc2Br)cn1. The van der Waals surface area contributed by atoms with Gasteiger partial charge in [-0.3, -0.25) is 4.79 Å². The Bertz CT molecular complexity index is 788. The quantitative estimate of drug-likeness (QED) is 0.658. The van der Waals surface area contributed by atoms with Crippen LogP contribution in [-0.4, -0.2) is 10.9 Å². The van der Waals surface area contributed by atoms with Gasteiger partial charge in [0.15, 0.2) is 0 Å². The predicted octanol–water partition coefficient (Wildman–Crippen LogP) is 4.83. The topological polar surface area (TPSA) is 54.0 Å². The molecule has 0 aliphatic rings. The number of rotatable bonds is 5. The van der Waals surface area contributed by atoms with Gasteiger partial charge in [0, 0.05) is 9.35 Å². The van der Waals surface area contributed by atoms with Gasteiger partial charge in [0.2, 0.25) is 5.91 Å². The van der Waals surface area contributed by atoms with Crippen molar-refractivity contribution < 1.29 is 4.79 Å². The number of nitrogens with zero attached hydrogens (tertiary/aromatic N) is 1. The first-order chi connectivity index (χ1) is 11.2. The number of carbonyl (C=O) groups excluding carboxylic acids is 1. The molecule has 0 atom stereocenters. The van der Waals surface area contributed by atoms with E-state index in [-0.39, 0.29) is 5.91 Å². The van der Waals surface area contributed by atoms with E-state index in [1.807, 2.05) is 47.8 Å². The van der Waals surface area contributed by atoms with Crippen molar-refractivity contribution >= 4 is 50.4 Å². The van der Waals surface area contributed by atoms with Crippen LogP contribution in [0, 0.1) is 0 Å². The third-order valence-electron chi connectivity index (χ3n) is 3.10. The smallest absolute Gasteiger partial charge is 0.230 e. The van der Waals surface area contributed by atoms with Crippen LogP contribution in [0.3, 0.4) is 0 Å². The highest BCUT2D eigenvalue weighted by atomic mass is 79.9. The Morgan fingerprint density at radius 2 is 2.00 bits per heavy atom. The minimum absolute atomic E-state index is 0.0635. The number of nitrogens with one attached hydrogen (secondary N) is 2. The Morgan fingerprint density at radius 1 is 1.13 bits per heavy atom. The molecule has 2 aromatic heterocycles. The van der Waals surface area contributed by atoms with Gasteiger partial charge in [-0.1, -0.05) is 18.2 Å². The average molecular weight is 388 g/mol. The third kappa shape index (κ3) is 4.40. The molecule has 0 bridgehead atoms. The summed E-state index contributed by atoms with van der Waals surface area (Å²) in [5.74, 6) is 0.482. The summed E-state index contributed by atoms with van der Waals surface area (Å²) in [7, 11) is 0. The van der Waals surface area contributed by atoms with Crippen LogP contribution in [0.2, 0.25) is 0 Å². The summed E-state index contributed by atoms with van der Waals surface area (Å²) in [5, 5.41) is 8.03. The summed E-state index contributed by atoms with van der Waals surface area (Å²) < 4.78 is 0.980. The fourth-order valence-electron chi connectivity index (χ4n) is 2.02. The van der Waals surface area contributed by atoms with Gasteiger partial charge in [0.25, 0.3) is 0 Å². The molecule has 0 saturated heterocycles. The maximum atomic E-state index is 11.9. The molecule has 0 saturated carbocycles. The number of anilines is 3. The van der Waals surface area contributed by atoms with Crippen molar-refractivity contribution in [1.82, 2.24) is 4.98 Å². The van der Waals surface area contributed by atoms with Crippen LogP contribution in [-0.2, 0) is 11.2 Å². The van der Waals surface area contributed by atoms with E-state index in [0.717, 1.165) is 20.7 Å². The maximum Gasteiger partial charge on any atom is 0.230 e.